The minimum Gasteiger partial charge on any atom is -0.463 e. The van der Waals surface area contributed by atoms with Crippen LogP contribution in [-0.2, 0) is 19.0 Å². The highest BCUT2D eigenvalue weighted by atomic mass is 16.6. The van der Waals surface area contributed by atoms with E-state index in [0.29, 0.717) is 32.8 Å². The Morgan fingerprint density at radius 1 is 0.389 bits per heavy atom. The van der Waals surface area contributed by atoms with E-state index in [1.807, 2.05) is 0 Å². The number of unbranched alkanes of at least 4 members (excludes halogenated alkanes) is 21. The van der Waals surface area contributed by atoms with Gasteiger partial charge < -0.3 is 14.2 Å². The SMILES string of the molecule is CCCCCCCCCCCCCCCCCCCCCC(=O)OCCOCCOCCCCCC. The summed E-state index contributed by atoms with van der Waals surface area (Å²) in [6.45, 7) is 7.34. The summed E-state index contributed by atoms with van der Waals surface area (Å²) in [4.78, 5) is 11.8. The normalized spacial score (nSPS) is 11.3. The summed E-state index contributed by atoms with van der Waals surface area (Å²) in [5, 5.41) is 0. The Kier molecular flexibility index (Phi) is 31.9. The van der Waals surface area contributed by atoms with Crippen LogP contribution in [0, 0.1) is 0 Å². The van der Waals surface area contributed by atoms with Gasteiger partial charge in [0.15, 0.2) is 0 Å². The third-order valence-corrected chi connectivity index (χ3v) is 6.99. The van der Waals surface area contributed by atoms with Gasteiger partial charge >= 0.3 is 5.97 Å². The van der Waals surface area contributed by atoms with Crippen molar-refractivity contribution in [2.75, 3.05) is 33.0 Å². The molecule has 0 heterocycles. The molecule has 0 atom stereocenters. The highest BCUT2D eigenvalue weighted by Crippen LogP contribution is 2.15. The van der Waals surface area contributed by atoms with E-state index in [-0.39, 0.29) is 5.97 Å². The molecule has 0 aliphatic heterocycles. The fraction of sp³-hybridized carbons (Fsp3) is 0.969. The van der Waals surface area contributed by atoms with Gasteiger partial charge in [0.2, 0.25) is 0 Å². The van der Waals surface area contributed by atoms with E-state index < -0.39 is 0 Å². The van der Waals surface area contributed by atoms with E-state index in [0.717, 1.165) is 25.9 Å². The zero-order valence-electron chi connectivity index (χ0n) is 24.6. The maximum absolute atomic E-state index is 11.8. The predicted octanol–water partition coefficient (Wildman–Crippen LogP) is 9.96. The molecule has 0 radical (unpaired) electrons. The van der Waals surface area contributed by atoms with E-state index in [9.17, 15) is 4.79 Å². The van der Waals surface area contributed by atoms with Crippen LogP contribution in [-0.4, -0.2) is 39.0 Å². The van der Waals surface area contributed by atoms with Crippen molar-refractivity contribution in [1.82, 2.24) is 0 Å². The Balaban J connectivity index is 3.13. The molecule has 0 aromatic carbocycles. The van der Waals surface area contributed by atoms with Crippen LogP contribution in [0.4, 0.5) is 0 Å². The number of ether oxygens (including phenoxy) is 3. The molecule has 216 valence electrons. The van der Waals surface area contributed by atoms with Gasteiger partial charge in [-0.15, -0.1) is 0 Å². The molecule has 4 heteroatoms. The van der Waals surface area contributed by atoms with Crippen LogP contribution < -0.4 is 0 Å². The van der Waals surface area contributed by atoms with Gasteiger partial charge in [-0.05, 0) is 12.8 Å². The molecule has 0 rings (SSSR count). The molecular formula is C32H64O4. The monoisotopic (exact) mass is 512 g/mol. The summed E-state index contributed by atoms with van der Waals surface area (Å²) in [7, 11) is 0. The van der Waals surface area contributed by atoms with Crippen molar-refractivity contribution in [1.29, 1.82) is 0 Å². The Morgan fingerprint density at radius 3 is 1.17 bits per heavy atom. The predicted molar refractivity (Wildman–Crippen MR) is 155 cm³/mol. The van der Waals surface area contributed by atoms with Crippen molar-refractivity contribution in [3.8, 4) is 0 Å². The Hall–Kier alpha value is -0.610. The van der Waals surface area contributed by atoms with Crippen molar-refractivity contribution < 1.29 is 19.0 Å². The van der Waals surface area contributed by atoms with E-state index in [1.54, 1.807) is 0 Å². The zero-order chi connectivity index (χ0) is 26.2. The molecule has 0 fully saturated rings. The lowest BCUT2D eigenvalue weighted by Gasteiger charge is -2.07. The Labute approximate surface area is 226 Å². The minimum atomic E-state index is -0.0854. The van der Waals surface area contributed by atoms with Crippen LogP contribution in [0.2, 0.25) is 0 Å². The fourth-order valence-electron chi connectivity index (χ4n) is 4.59. The molecule has 4 nitrogen and oxygen atoms in total. The fourth-order valence-corrected chi connectivity index (χ4v) is 4.59. The van der Waals surface area contributed by atoms with Crippen molar-refractivity contribution >= 4 is 5.97 Å². The van der Waals surface area contributed by atoms with Crippen molar-refractivity contribution in [2.24, 2.45) is 0 Å². The Bertz CT molecular complexity index is 413. The molecule has 0 bridgehead atoms. The standard InChI is InChI=1S/C32H64O4/c1-3-5-7-9-10-11-12-13-14-15-16-17-18-19-20-21-22-23-24-26-32(33)36-31-30-35-29-28-34-27-25-8-6-4-2/h3-31H2,1-2H3. The minimum absolute atomic E-state index is 0.0854. The maximum Gasteiger partial charge on any atom is 0.305 e. The molecule has 0 unspecified atom stereocenters. The first-order chi connectivity index (χ1) is 17.8. The molecule has 0 aromatic rings. The lowest BCUT2D eigenvalue weighted by atomic mass is 10.0. The third kappa shape index (κ3) is 31.4. The lowest BCUT2D eigenvalue weighted by molar-refractivity contribution is -0.145. The van der Waals surface area contributed by atoms with Crippen molar-refractivity contribution in [3.63, 3.8) is 0 Å². The lowest BCUT2D eigenvalue weighted by Crippen LogP contribution is -2.13. The summed E-state index contributed by atoms with van der Waals surface area (Å²) in [6.07, 6.45) is 31.4. The molecular weight excluding hydrogens is 448 g/mol. The maximum atomic E-state index is 11.8. The summed E-state index contributed by atoms with van der Waals surface area (Å²) >= 11 is 0. The van der Waals surface area contributed by atoms with Crippen LogP contribution >= 0.6 is 0 Å². The molecule has 0 saturated heterocycles. The number of carbonyl (C=O) groups is 1. The first kappa shape index (κ1) is 35.4. The second-order valence-electron chi connectivity index (χ2n) is 10.6. The average Bonchev–Trinajstić information content (AvgIpc) is 2.88. The van der Waals surface area contributed by atoms with E-state index in [1.165, 1.54) is 128 Å². The third-order valence-electron chi connectivity index (χ3n) is 6.99. The smallest absolute Gasteiger partial charge is 0.305 e. The summed E-state index contributed by atoms with van der Waals surface area (Å²) in [5.41, 5.74) is 0. The van der Waals surface area contributed by atoms with E-state index in [2.05, 4.69) is 13.8 Å². The highest BCUT2D eigenvalue weighted by Gasteiger charge is 2.03. The van der Waals surface area contributed by atoms with Crippen LogP contribution in [0.5, 0.6) is 0 Å². The molecule has 0 aliphatic rings. The quantitative estimate of drug-likeness (QED) is 0.0684. The second-order valence-corrected chi connectivity index (χ2v) is 10.6. The van der Waals surface area contributed by atoms with Gasteiger partial charge in [-0.2, -0.15) is 0 Å². The van der Waals surface area contributed by atoms with Gasteiger partial charge in [-0.3, -0.25) is 4.79 Å². The van der Waals surface area contributed by atoms with Crippen LogP contribution in [0.3, 0.4) is 0 Å². The van der Waals surface area contributed by atoms with Gasteiger partial charge in [0.1, 0.15) is 6.61 Å². The number of rotatable bonds is 31. The van der Waals surface area contributed by atoms with Crippen molar-refractivity contribution in [3.05, 3.63) is 0 Å². The van der Waals surface area contributed by atoms with Crippen LogP contribution in [0.15, 0.2) is 0 Å². The molecule has 0 N–H and O–H groups in total. The van der Waals surface area contributed by atoms with E-state index in [4.69, 9.17) is 14.2 Å². The van der Waals surface area contributed by atoms with Crippen LogP contribution in [0.1, 0.15) is 168 Å². The van der Waals surface area contributed by atoms with Gasteiger partial charge in [0, 0.05) is 13.0 Å². The number of carbonyl (C=O) groups excluding carboxylic acids is 1. The number of hydrogen-bond acceptors (Lipinski definition) is 4. The molecule has 0 aliphatic carbocycles. The van der Waals surface area contributed by atoms with Crippen molar-refractivity contribution in [2.45, 2.75) is 168 Å². The van der Waals surface area contributed by atoms with Gasteiger partial charge in [0.25, 0.3) is 0 Å². The molecule has 0 spiro atoms. The summed E-state index contributed by atoms with van der Waals surface area (Å²) in [5.74, 6) is -0.0854. The number of esters is 1. The molecule has 0 saturated carbocycles. The summed E-state index contributed by atoms with van der Waals surface area (Å²) < 4.78 is 16.2. The average molecular weight is 513 g/mol. The van der Waals surface area contributed by atoms with E-state index >= 15 is 0 Å². The van der Waals surface area contributed by atoms with Crippen LogP contribution in [0.25, 0.3) is 0 Å². The molecule has 0 amide bonds. The first-order valence-corrected chi connectivity index (χ1v) is 16.1. The zero-order valence-corrected chi connectivity index (χ0v) is 24.6. The topological polar surface area (TPSA) is 44.8 Å². The largest absolute Gasteiger partial charge is 0.463 e. The van der Waals surface area contributed by atoms with Gasteiger partial charge in [-0.1, -0.05) is 149 Å². The second kappa shape index (κ2) is 32.4. The molecule has 36 heavy (non-hydrogen) atoms. The van der Waals surface area contributed by atoms with Gasteiger partial charge in [0.05, 0.1) is 19.8 Å². The van der Waals surface area contributed by atoms with Gasteiger partial charge in [-0.25, -0.2) is 0 Å². The molecule has 0 aromatic heterocycles. The summed E-state index contributed by atoms with van der Waals surface area (Å²) in [6, 6.07) is 0. The highest BCUT2D eigenvalue weighted by molar-refractivity contribution is 5.69. The first-order valence-electron chi connectivity index (χ1n) is 16.1. The Morgan fingerprint density at radius 2 is 0.722 bits per heavy atom. The number of hydrogen-bond donors (Lipinski definition) is 0.